The molecule has 1 rings (SSSR count). The maximum atomic E-state index is 4.60. The lowest BCUT2D eigenvalue weighted by Gasteiger charge is -2.15. The zero-order valence-corrected chi connectivity index (χ0v) is 10.3. The summed E-state index contributed by atoms with van der Waals surface area (Å²) < 4.78 is 0. The van der Waals surface area contributed by atoms with Crippen LogP contribution < -0.4 is 0 Å². The summed E-state index contributed by atoms with van der Waals surface area (Å²) >= 11 is 1.99. The maximum absolute atomic E-state index is 4.60. The number of nitrogens with zero attached hydrogens (tertiary/aromatic N) is 3. The first kappa shape index (κ1) is 11.7. The Hall–Kier alpha value is -0.380. The molecule has 0 saturated carbocycles. The van der Waals surface area contributed by atoms with Crippen molar-refractivity contribution < 1.29 is 0 Å². The molecule has 1 aliphatic rings. The summed E-state index contributed by atoms with van der Waals surface area (Å²) in [4.78, 5) is 9.06. The van der Waals surface area contributed by atoms with E-state index >= 15 is 0 Å². The van der Waals surface area contributed by atoms with Crippen LogP contribution in [0.1, 0.15) is 13.3 Å². The van der Waals surface area contributed by atoms with Crippen LogP contribution in [0.15, 0.2) is 4.99 Å². The molecule has 0 atom stereocenters. The second-order valence-electron chi connectivity index (χ2n) is 3.64. The van der Waals surface area contributed by atoms with E-state index in [0.29, 0.717) is 0 Å². The fourth-order valence-corrected chi connectivity index (χ4v) is 2.20. The van der Waals surface area contributed by atoms with Crippen LogP contribution in [0.2, 0.25) is 0 Å². The largest absolute Gasteiger partial charge is 0.344 e. The zero-order valence-electron chi connectivity index (χ0n) is 9.49. The molecule has 1 fully saturated rings. The highest BCUT2D eigenvalue weighted by atomic mass is 32.2. The third-order valence-electron chi connectivity index (χ3n) is 2.29. The van der Waals surface area contributed by atoms with Gasteiger partial charge in [-0.1, -0.05) is 6.92 Å². The molecule has 1 aliphatic heterocycles. The van der Waals surface area contributed by atoms with Crippen LogP contribution in [0.3, 0.4) is 0 Å². The smallest absolute Gasteiger partial charge is 0.196 e. The monoisotopic (exact) mass is 215 g/mol. The van der Waals surface area contributed by atoms with Crippen LogP contribution in [-0.2, 0) is 0 Å². The minimum atomic E-state index is 0.953. The van der Waals surface area contributed by atoms with Crippen LogP contribution >= 0.6 is 11.8 Å². The molecular weight excluding hydrogens is 194 g/mol. The van der Waals surface area contributed by atoms with Crippen LogP contribution in [0.4, 0.5) is 0 Å². The lowest BCUT2D eigenvalue weighted by molar-refractivity contribution is 0.553. The molecule has 4 heteroatoms. The number of likely N-dealkylation sites (N-methyl/N-ethyl adjacent to an activating group) is 2. The summed E-state index contributed by atoms with van der Waals surface area (Å²) in [6, 6.07) is 0. The van der Waals surface area contributed by atoms with Gasteiger partial charge in [0, 0.05) is 32.9 Å². The summed E-state index contributed by atoms with van der Waals surface area (Å²) in [5, 5.41) is 0. The van der Waals surface area contributed by atoms with Gasteiger partial charge in [-0.25, -0.2) is 0 Å². The summed E-state index contributed by atoms with van der Waals surface area (Å²) in [5.41, 5.74) is 0. The normalized spacial score (nSPS) is 16.6. The highest BCUT2D eigenvalue weighted by molar-refractivity contribution is 7.99. The Morgan fingerprint density at radius 2 is 1.86 bits per heavy atom. The number of aliphatic imine (C=N–C) groups is 1. The topological polar surface area (TPSA) is 18.8 Å². The third kappa shape index (κ3) is 3.40. The zero-order chi connectivity index (χ0) is 10.4. The fourth-order valence-electron chi connectivity index (χ4n) is 1.49. The van der Waals surface area contributed by atoms with Gasteiger partial charge in [-0.2, -0.15) is 11.8 Å². The molecule has 14 heavy (non-hydrogen) atoms. The Kier molecular flexibility index (Phi) is 5.15. The molecule has 82 valence electrons. The second kappa shape index (κ2) is 6.17. The Bertz CT molecular complexity index is 182. The third-order valence-corrected chi connectivity index (χ3v) is 3.46. The number of thioether (sulfide) groups is 1. The van der Waals surface area contributed by atoms with Crippen molar-refractivity contribution in [1.82, 2.24) is 9.80 Å². The Labute approximate surface area is 91.6 Å². The number of rotatable bonds is 5. The standard InChI is InChI=1S/C10H21N3S/c1-4-8-14-9-5-11-10-12(2)6-7-13(10)3/h4-9H2,1-3H3. The molecule has 0 aliphatic carbocycles. The highest BCUT2D eigenvalue weighted by Gasteiger charge is 2.18. The molecule has 0 N–H and O–H groups in total. The van der Waals surface area contributed by atoms with Gasteiger partial charge in [0.25, 0.3) is 0 Å². The van der Waals surface area contributed by atoms with Gasteiger partial charge in [-0.05, 0) is 12.2 Å². The van der Waals surface area contributed by atoms with E-state index in [2.05, 4.69) is 35.8 Å². The predicted octanol–water partition coefficient (Wildman–Crippen LogP) is 1.36. The quantitative estimate of drug-likeness (QED) is 0.645. The molecule has 0 aromatic heterocycles. The fraction of sp³-hybridized carbons (Fsp3) is 0.900. The molecular formula is C10H21N3S. The first-order valence-electron chi connectivity index (χ1n) is 5.30. The van der Waals surface area contributed by atoms with Gasteiger partial charge in [0.05, 0.1) is 6.54 Å². The Morgan fingerprint density at radius 3 is 2.43 bits per heavy atom. The molecule has 0 radical (unpaired) electrons. The van der Waals surface area contributed by atoms with Crippen molar-refractivity contribution in [2.24, 2.45) is 4.99 Å². The lowest BCUT2D eigenvalue weighted by atomic mass is 10.6. The summed E-state index contributed by atoms with van der Waals surface area (Å²) in [7, 11) is 4.23. The van der Waals surface area contributed by atoms with Crippen molar-refractivity contribution in [2.75, 3.05) is 45.2 Å². The molecule has 0 amide bonds. The van der Waals surface area contributed by atoms with E-state index in [4.69, 9.17) is 0 Å². The minimum Gasteiger partial charge on any atom is -0.344 e. The van der Waals surface area contributed by atoms with Gasteiger partial charge in [-0.15, -0.1) is 0 Å². The van der Waals surface area contributed by atoms with Gasteiger partial charge in [-0.3, -0.25) is 4.99 Å². The molecule has 1 heterocycles. The Morgan fingerprint density at radius 1 is 1.21 bits per heavy atom. The van der Waals surface area contributed by atoms with Gasteiger partial charge >= 0.3 is 0 Å². The van der Waals surface area contributed by atoms with E-state index in [1.165, 1.54) is 12.2 Å². The van der Waals surface area contributed by atoms with Gasteiger partial charge < -0.3 is 9.80 Å². The minimum absolute atomic E-state index is 0.953. The first-order valence-corrected chi connectivity index (χ1v) is 6.45. The van der Waals surface area contributed by atoms with Crippen LogP contribution in [0, 0.1) is 0 Å². The molecule has 0 aromatic carbocycles. The van der Waals surface area contributed by atoms with E-state index < -0.39 is 0 Å². The summed E-state index contributed by atoms with van der Waals surface area (Å²) in [5.74, 6) is 3.57. The molecule has 0 spiro atoms. The molecule has 3 nitrogen and oxygen atoms in total. The van der Waals surface area contributed by atoms with Crippen LogP contribution in [-0.4, -0.2) is 61.0 Å². The van der Waals surface area contributed by atoms with Crippen LogP contribution in [0.5, 0.6) is 0 Å². The van der Waals surface area contributed by atoms with Crippen molar-refractivity contribution in [3.63, 3.8) is 0 Å². The van der Waals surface area contributed by atoms with Crippen molar-refractivity contribution in [2.45, 2.75) is 13.3 Å². The molecule has 1 saturated heterocycles. The molecule has 0 bridgehead atoms. The van der Waals surface area contributed by atoms with Gasteiger partial charge in [0.1, 0.15) is 0 Å². The SMILES string of the molecule is CCCSCCN=C1N(C)CCN1C. The number of hydrogen-bond donors (Lipinski definition) is 0. The number of guanidine groups is 1. The van der Waals surface area contributed by atoms with E-state index in [1.807, 2.05) is 11.8 Å². The Balaban J connectivity index is 2.22. The summed E-state index contributed by atoms with van der Waals surface area (Å²) in [6.45, 7) is 5.39. The molecule has 0 unspecified atom stereocenters. The molecule has 0 aromatic rings. The van der Waals surface area contributed by atoms with Gasteiger partial charge in [0.15, 0.2) is 5.96 Å². The average molecular weight is 215 g/mol. The maximum Gasteiger partial charge on any atom is 0.196 e. The highest BCUT2D eigenvalue weighted by Crippen LogP contribution is 2.05. The second-order valence-corrected chi connectivity index (χ2v) is 4.86. The van der Waals surface area contributed by atoms with E-state index in [9.17, 15) is 0 Å². The van der Waals surface area contributed by atoms with E-state index in [-0.39, 0.29) is 0 Å². The van der Waals surface area contributed by atoms with E-state index in [0.717, 1.165) is 31.3 Å². The number of hydrogen-bond acceptors (Lipinski definition) is 2. The van der Waals surface area contributed by atoms with Crippen molar-refractivity contribution in [3.05, 3.63) is 0 Å². The van der Waals surface area contributed by atoms with Gasteiger partial charge in [0.2, 0.25) is 0 Å². The average Bonchev–Trinajstić information content (AvgIpc) is 2.48. The van der Waals surface area contributed by atoms with E-state index in [1.54, 1.807) is 0 Å². The first-order chi connectivity index (χ1) is 6.75. The van der Waals surface area contributed by atoms with Crippen molar-refractivity contribution in [1.29, 1.82) is 0 Å². The van der Waals surface area contributed by atoms with Crippen molar-refractivity contribution >= 4 is 17.7 Å². The summed E-state index contributed by atoms with van der Waals surface area (Å²) in [6.07, 6.45) is 1.26. The van der Waals surface area contributed by atoms with Crippen molar-refractivity contribution in [3.8, 4) is 0 Å². The predicted molar refractivity (Wildman–Crippen MR) is 65.2 cm³/mol. The lowest BCUT2D eigenvalue weighted by Crippen LogP contribution is -2.28. The van der Waals surface area contributed by atoms with Crippen LogP contribution in [0.25, 0.3) is 0 Å².